The Morgan fingerprint density at radius 3 is 2.33 bits per heavy atom. The molecule has 0 saturated heterocycles. The largest absolute Gasteiger partial charge is 0.443 e. The number of carbonyl (C=O) groups is 1. The number of hydrogen-bond donors (Lipinski definition) is 1. The number of halogens is 1. The molecule has 1 aromatic carbocycles. The molecule has 0 aliphatic rings. The van der Waals surface area contributed by atoms with E-state index in [2.05, 4.69) is 26.5 Å². The molecule has 0 aliphatic carbocycles. The van der Waals surface area contributed by atoms with Crippen molar-refractivity contribution in [3.05, 3.63) is 34.3 Å². The molecule has 1 N–H and O–H groups in total. The van der Waals surface area contributed by atoms with Gasteiger partial charge in [0, 0.05) is 4.47 Å². The predicted molar refractivity (Wildman–Crippen MR) is 75.7 cm³/mol. The quantitative estimate of drug-likeness (QED) is 0.668. The summed E-state index contributed by atoms with van der Waals surface area (Å²) < 4.78 is 6.08. The average Bonchev–Trinajstić information content (AvgIpc) is 2.24. The van der Waals surface area contributed by atoms with Crippen LogP contribution in [0.2, 0.25) is 0 Å². The molecule has 0 fully saturated rings. The summed E-state index contributed by atoms with van der Waals surface area (Å²) in [5, 5.41) is 3.98. The fraction of sp³-hybridized carbons (Fsp3) is 0.385. The third kappa shape index (κ3) is 5.31. The number of benzene rings is 1. The summed E-state index contributed by atoms with van der Waals surface area (Å²) in [6.45, 7) is 7.23. The summed E-state index contributed by atoms with van der Waals surface area (Å²) in [7, 11) is 0. The van der Waals surface area contributed by atoms with Gasteiger partial charge in [0.05, 0.1) is 5.71 Å². The zero-order valence-electron chi connectivity index (χ0n) is 11.0. The van der Waals surface area contributed by atoms with Crippen LogP contribution in [0.25, 0.3) is 0 Å². The van der Waals surface area contributed by atoms with E-state index in [1.54, 1.807) is 20.8 Å². The molecule has 0 saturated carbocycles. The average molecular weight is 313 g/mol. The second-order valence-electron chi connectivity index (χ2n) is 4.82. The van der Waals surface area contributed by atoms with E-state index in [1.165, 1.54) is 0 Å². The molecule has 0 spiro atoms. The number of nitrogens with zero attached hydrogens (tertiary/aromatic N) is 1. The summed E-state index contributed by atoms with van der Waals surface area (Å²) in [6.07, 6.45) is -0.557. The summed E-state index contributed by atoms with van der Waals surface area (Å²) in [6, 6.07) is 7.67. The molecular weight excluding hydrogens is 296 g/mol. The van der Waals surface area contributed by atoms with Gasteiger partial charge in [-0.05, 0) is 45.4 Å². The third-order valence-corrected chi connectivity index (χ3v) is 2.50. The van der Waals surface area contributed by atoms with E-state index in [1.807, 2.05) is 31.2 Å². The molecule has 0 radical (unpaired) electrons. The van der Waals surface area contributed by atoms with Crippen LogP contribution >= 0.6 is 15.9 Å². The molecule has 98 valence electrons. The monoisotopic (exact) mass is 312 g/mol. The van der Waals surface area contributed by atoms with Crippen LogP contribution in [0.15, 0.2) is 33.8 Å². The van der Waals surface area contributed by atoms with Crippen molar-refractivity contribution in [2.75, 3.05) is 0 Å². The van der Waals surface area contributed by atoms with Crippen LogP contribution in [0.3, 0.4) is 0 Å². The van der Waals surface area contributed by atoms with Gasteiger partial charge in [-0.25, -0.2) is 10.2 Å². The van der Waals surface area contributed by atoms with Crippen LogP contribution < -0.4 is 5.43 Å². The number of amides is 1. The second kappa shape index (κ2) is 6.00. The minimum atomic E-state index is -0.557. The maximum Gasteiger partial charge on any atom is 0.428 e. The number of nitrogens with one attached hydrogen (secondary N) is 1. The van der Waals surface area contributed by atoms with Gasteiger partial charge < -0.3 is 4.74 Å². The molecule has 0 bridgehead atoms. The van der Waals surface area contributed by atoms with Gasteiger partial charge in [0.2, 0.25) is 0 Å². The van der Waals surface area contributed by atoms with E-state index >= 15 is 0 Å². The minimum Gasteiger partial charge on any atom is -0.443 e. The van der Waals surface area contributed by atoms with Crippen LogP contribution in [0.4, 0.5) is 4.79 Å². The Hall–Kier alpha value is -1.36. The van der Waals surface area contributed by atoms with E-state index in [0.29, 0.717) is 5.71 Å². The minimum absolute atomic E-state index is 0.523. The molecule has 1 rings (SSSR count). The van der Waals surface area contributed by atoms with Gasteiger partial charge >= 0.3 is 6.09 Å². The van der Waals surface area contributed by atoms with Crippen molar-refractivity contribution in [3.8, 4) is 0 Å². The molecule has 1 aromatic rings. The van der Waals surface area contributed by atoms with E-state index < -0.39 is 11.7 Å². The lowest BCUT2D eigenvalue weighted by molar-refractivity contribution is 0.0529. The van der Waals surface area contributed by atoms with E-state index in [4.69, 9.17) is 4.74 Å². The molecule has 5 heteroatoms. The molecule has 18 heavy (non-hydrogen) atoms. The van der Waals surface area contributed by atoms with Gasteiger partial charge in [0.1, 0.15) is 5.60 Å². The molecule has 0 heterocycles. The van der Waals surface area contributed by atoms with Crippen LogP contribution in [0.1, 0.15) is 33.3 Å². The lowest BCUT2D eigenvalue weighted by Crippen LogP contribution is -2.30. The Kier molecular flexibility index (Phi) is 4.90. The van der Waals surface area contributed by atoms with Crippen molar-refractivity contribution in [1.82, 2.24) is 5.43 Å². The summed E-state index contributed by atoms with van der Waals surface area (Å²) >= 11 is 3.36. The van der Waals surface area contributed by atoms with Crippen LogP contribution in [0, 0.1) is 0 Å². The molecule has 0 aromatic heterocycles. The number of rotatable bonds is 2. The van der Waals surface area contributed by atoms with Crippen LogP contribution in [-0.4, -0.2) is 17.4 Å². The van der Waals surface area contributed by atoms with Crippen molar-refractivity contribution in [2.24, 2.45) is 5.10 Å². The summed E-state index contributed by atoms with van der Waals surface area (Å²) in [5.74, 6) is 0. The Labute approximate surface area is 116 Å². The van der Waals surface area contributed by atoms with Crippen LogP contribution in [-0.2, 0) is 4.74 Å². The van der Waals surface area contributed by atoms with Crippen LogP contribution in [0.5, 0.6) is 0 Å². The second-order valence-corrected chi connectivity index (χ2v) is 5.73. The summed E-state index contributed by atoms with van der Waals surface area (Å²) in [4.78, 5) is 11.4. The molecule has 0 atom stereocenters. The Bertz CT molecular complexity index is 447. The number of hydrazone groups is 1. The maximum absolute atomic E-state index is 11.4. The highest BCUT2D eigenvalue weighted by molar-refractivity contribution is 9.10. The van der Waals surface area contributed by atoms with Crippen molar-refractivity contribution < 1.29 is 9.53 Å². The van der Waals surface area contributed by atoms with E-state index in [9.17, 15) is 4.79 Å². The number of hydrogen-bond acceptors (Lipinski definition) is 3. The van der Waals surface area contributed by atoms with E-state index in [-0.39, 0.29) is 0 Å². The number of ether oxygens (including phenoxy) is 1. The number of carbonyl (C=O) groups excluding carboxylic acids is 1. The van der Waals surface area contributed by atoms with Crippen molar-refractivity contribution >= 4 is 27.7 Å². The van der Waals surface area contributed by atoms with Crippen molar-refractivity contribution in [2.45, 2.75) is 33.3 Å². The Balaban J connectivity index is 2.62. The highest BCUT2D eigenvalue weighted by Crippen LogP contribution is 2.11. The fourth-order valence-electron chi connectivity index (χ4n) is 1.19. The first-order valence-electron chi connectivity index (χ1n) is 5.57. The van der Waals surface area contributed by atoms with Gasteiger partial charge in [0.25, 0.3) is 0 Å². The lowest BCUT2D eigenvalue weighted by Gasteiger charge is -2.18. The zero-order chi connectivity index (χ0) is 13.8. The van der Waals surface area contributed by atoms with Gasteiger partial charge in [-0.2, -0.15) is 5.10 Å². The Morgan fingerprint density at radius 2 is 1.83 bits per heavy atom. The van der Waals surface area contributed by atoms with Gasteiger partial charge in [-0.1, -0.05) is 28.1 Å². The molecule has 1 amide bonds. The molecular formula is C13H17BrN2O2. The molecule has 4 nitrogen and oxygen atoms in total. The third-order valence-electron chi connectivity index (χ3n) is 1.98. The fourth-order valence-corrected chi connectivity index (χ4v) is 1.45. The van der Waals surface area contributed by atoms with Gasteiger partial charge in [0.15, 0.2) is 0 Å². The molecule has 0 unspecified atom stereocenters. The van der Waals surface area contributed by atoms with Gasteiger partial charge in [-0.15, -0.1) is 0 Å². The first-order valence-corrected chi connectivity index (χ1v) is 6.36. The van der Waals surface area contributed by atoms with Crippen molar-refractivity contribution in [3.63, 3.8) is 0 Å². The first kappa shape index (κ1) is 14.7. The zero-order valence-corrected chi connectivity index (χ0v) is 12.5. The highest BCUT2D eigenvalue weighted by Gasteiger charge is 2.15. The normalized spacial score (nSPS) is 12.2. The first-order chi connectivity index (χ1) is 8.28. The van der Waals surface area contributed by atoms with Crippen molar-refractivity contribution in [1.29, 1.82) is 0 Å². The smallest absolute Gasteiger partial charge is 0.428 e. The predicted octanol–water partition coefficient (Wildman–Crippen LogP) is 3.70. The summed E-state index contributed by atoms with van der Waals surface area (Å²) in [5.41, 5.74) is 3.50. The molecule has 0 aliphatic heterocycles. The topological polar surface area (TPSA) is 50.7 Å². The van der Waals surface area contributed by atoms with Gasteiger partial charge in [-0.3, -0.25) is 0 Å². The Morgan fingerprint density at radius 1 is 1.28 bits per heavy atom. The highest BCUT2D eigenvalue weighted by atomic mass is 79.9. The SMILES string of the molecule is C/C(=N/NC(=O)OC(C)(C)C)c1ccc(Br)cc1. The standard InChI is InChI=1S/C13H17BrN2O2/c1-9(10-5-7-11(14)8-6-10)15-16-12(17)18-13(2,3)4/h5-8H,1-4H3,(H,16,17)/b15-9-. The van der Waals surface area contributed by atoms with E-state index in [0.717, 1.165) is 10.0 Å². The lowest BCUT2D eigenvalue weighted by atomic mass is 10.1. The maximum atomic E-state index is 11.4.